The van der Waals surface area contributed by atoms with Crippen molar-refractivity contribution in [3.8, 4) is 5.75 Å². The zero-order valence-electron chi connectivity index (χ0n) is 9.68. The van der Waals surface area contributed by atoms with Crippen LogP contribution < -0.4 is 4.74 Å². The van der Waals surface area contributed by atoms with Gasteiger partial charge in [0.15, 0.2) is 0 Å². The molecule has 1 aromatic rings. The van der Waals surface area contributed by atoms with Gasteiger partial charge in [0.1, 0.15) is 11.9 Å². The quantitative estimate of drug-likeness (QED) is 0.900. The zero-order chi connectivity index (χ0) is 13.0. The number of hydrogen-bond donors (Lipinski definition) is 1. The van der Waals surface area contributed by atoms with E-state index in [-0.39, 0.29) is 5.75 Å². The Balaban J connectivity index is 2.23. The number of rotatable bonds is 4. The lowest BCUT2D eigenvalue weighted by Gasteiger charge is -2.21. The van der Waals surface area contributed by atoms with E-state index in [0.29, 0.717) is 24.2 Å². The van der Waals surface area contributed by atoms with E-state index in [2.05, 4.69) is 4.74 Å². The topological polar surface area (TPSA) is 38.7 Å². The van der Waals surface area contributed by atoms with Crippen molar-refractivity contribution in [1.29, 1.82) is 0 Å². The van der Waals surface area contributed by atoms with E-state index in [4.69, 9.17) is 4.74 Å². The minimum Gasteiger partial charge on any atom is -0.501 e. The number of aliphatic hydroxyl groups excluding tert-OH is 1. The molecule has 98 valence electrons. The number of hydrogen-bond acceptors (Lipinski definition) is 3. The summed E-state index contributed by atoms with van der Waals surface area (Å²) in [5.41, 5.74) is 1.00. The lowest BCUT2D eigenvalue weighted by molar-refractivity contribution is -0.0513. The second-order valence-electron chi connectivity index (χ2n) is 3.99. The largest absolute Gasteiger partial charge is 0.501 e. The summed E-state index contributed by atoms with van der Waals surface area (Å²) in [6, 6.07) is 6.23. The van der Waals surface area contributed by atoms with Gasteiger partial charge in [-0.15, -0.1) is 0 Å². The molecule has 2 rings (SSSR count). The SMILES string of the molecule is OC(C1=COCCC1)c1ccccc1OC(F)F. The summed E-state index contributed by atoms with van der Waals surface area (Å²) in [7, 11) is 0. The molecule has 1 N–H and O–H groups in total. The number of para-hydroxylation sites is 1. The normalized spacial score (nSPS) is 17.0. The predicted molar refractivity (Wildman–Crippen MR) is 61.3 cm³/mol. The van der Waals surface area contributed by atoms with Crippen molar-refractivity contribution >= 4 is 0 Å². The highest BCUT2D eigenvalue weighted by Crippen LogP contribution is 2.33. The summed E-state index contributed by atoms with van der Waals surface area (Å²) < 4.78 is 34.1. The second-order valence-corrected chi connectivity index (χ2v) is 3.99. The van der Waals surface area contributed by atoms with E-state index in [1.54, 1.807) is 18.2 Å². The molecule has 1 aliphatic rings. The van der Waals surface area contributed by atoms with Crippen LogP contribution in [0.3, 0.4) is 0 Å². The van der Waals surface area contributed by atoms with Crippen LogP contribution in [0, 0.1) is 0 Å². The van der Waals surface area contributed by atoms with Crippen LogP contribution in [0.1, 0.15) is 24.5 Å². The summed E-state index contributed by atoms with van der Waals surface area (Å²) >= 11 is 0. The van der Waals surface area contributed by atoms with Crippen LogP contribution in [0.15, 0.2) is 36.1 Å². The van der Waals surface area contributed by atoms with Crippen LogP contribution in [0.25, 0.3) is 0 Å². The minimum absolute atomic E-state index is 0.00789. The van der Waals surface area contributed by atoms with E-state index in [9.17, 15) is 13.9 Å². The van der Waals surface area contributed by atoms with E-state index in [0.717, 1.165) is 6.42 Å². The van der Waals surface area contributed by atoms with Crippen LogP contribution in [0.2, 0.25) is 0 Å². The summed E-state index contributed by atoms with van der Waals surface area (Å²) in [6.07, 6.45) is 2.01. The molecule has 0 aliphatic carbocycles. The van der Waals surface area contributed by atoms with Gasteiger partial charge in [0.2, 0.25) is 0 Å². The van der Waals surface area contributed by atoms with Gasteiger partial charge in [0.25, 0.3) is 0 Å². The highest BCUT2D eigenvalue weighted by atomic mass is 19.3. The molecule has 0 fully saturated rings. The fourth-order valence-electron chi connectivity index (χ4n) is 1.90. The van der Waals surface area contributed by atoms with Crippen molar-refractivity contribution in [3.63, 3.8) is 0 Å². The Morgan fingerprint density at radius 2 is 2.06 bits per heavy atom. The van der Waals surface area contributed by atoms with Gasteiger partial charge in [-0.1, -0.05) is 18.2 Å². The van der Waals surface area contributed by atoms with Gasteiger partial charge in [-0.2, -0.15) is 8.78 Å². The molecule has 1 aliphatic heterocycles. The lowest BCUT2D eigenvalue weighted by Crippen LogP contribution is -2.11. The molecule has 0 saturated carbocycles. The van der Waals surface area contributed by atoms with E-state index < -0.39 is 12.7 Å². The number of ether oxygens (including phenoxy) is 2. The van der Waals surface area contributed by atoms with Crippen LogP contribution in [-0.2, 0) is 4.74 Å². The van der Waals surface area contributed by atoms with Crippen molar-refractivity contribution in [3.05, 3.63) is 41.7 Å². The molecule has 5 heteroatoms. The van der Waals surface area contributed by atoms with Crippen molar-refractivity contribution in [2.45, 2.75) is 25.6 Å². The molecule has 0 bridgehead atoms. The Morgan fingerprint density at radius 1 is 1.28 bits per heavy atom. The summed E-state index contributed by atoms with van der Waals surface area (Å²) in [5.74, 6) is -0.00789. The Hall–Kier alpha value is -1.62. The molecular weight excluding hydrogens is 242 g/mol. The zero-order valence-corrected chi connectivity index (χ0v) is 9.68. The first-order valence-corrected chi connectivity index (χ1v) is 5.71. The van der Waals surface area contributed by atoms with Crippen LogP contribution in [0.5, 0.6) is 5.75 Å². The molecule has 0 saturated heterocycles. The maximum Gasteiger partial charge on any atom is 0.387 e. The average molecular weight is 256 g/mol. The standard InChI is InChI=1S/C13H14F2O3/c14-13(15)18-11-6-2-1-5-10(11)12(16)9-4-3-7-17-8-9/h1-2,5-6,8,12-13,16H,3-4,7H2. The number of benzene rings is 1. The van der Waals surface area contributed by atoms with Gasteiger partial charge in [-0.05, 0) is 24.5 Å². The third-order valence-corrected chi connectivity index (χ3v) is 2.74. The molecule has 1 atom stereocenters. The van der Waals surface area contributed by atoms with E-state index in [1.807, 2.05) is 0 Å². The molecule has 0 radical (unpaired) electrons. The maximum absolute atomic E-state index is 12.3. The lowest BCUT2D eigenvalue weighted by atomic mass is 9.97. The van der Waals surface area contributed by atoms with Gasteiger partial charge in [0.05, 0.1) is 12.9 Å². The maximum atomic E-state index is 12.3. The van der Waals surface area contributed by atoms with E-state index >= 15 is 0 Å². The first-order chi connectivity index (χ1) is 8.68. The highest BCUT2D eigenvalue weighted by molar-refractivity contribution is 5.38. The fourth-order valence-corrected chi connectivity index (χ4v) is 1.90. The van der Waals surface area contributed by atoms with Crippen molar-refractivity contribution in [2.75, 3.05) is 6.61 Å². The highest BCUT2D eigenvalue weighted by Gasteiger charge is 2.21. The van der Waals surface area contributed by atoms with Gasteiger partial charge in [-0.25, -0.2) is 0 Å². The van der Waals surface area contributed by atoms with Gasteiger partial charge in [0, 0.05) is 5.56 Å². The summed E-state index contributed by atoms with van der Waals surface area (Å²) in [4.78, 5) is 0. The molecular formula is C13H14F2O3. The Labute approximate surface area is 104 Å². The fraction of sp³-hybridized carbons (Fsp3) is 0.385. The number of aliphatic hydroxyl groups is 1. The summed E-state index contributed by atoms with van der Waals surface area (Å²) in [5, 5.41) is 10.2. The van der Waals surface area contributed by atoms with Gasteiger partial charge < -0.3 is 14.6 Å². The Kier molecular flexibility index (Phi) is 4.15. The molecule has 18 heavy (non-hydrogen) atoms. The first-order valence-electron chi connectivity index (χ1n) is 5.71. The van der Waals surface area contributed by atoms with Crippen LogP contribution in [-0.4, -0.2) is 18.3 Å². The molecule has 0 spiro atoms. The molecule has 3 nitrogen and oxygen atoms in total. The Morgan fingerprint density at radius 3 is 2.72 bits per heavy atom. The Bertz CT molecular complexity index is 432. The van der Waals surface area contributed by atoms with Crippen LogP contribution >= 0.6 is 0 Å². The van der Waals surface area contributed by atoms with Gasteiger partial charge in [-0.3, -0.25) is 0 Å². The third kappa shape index (κ3) is 2.98. The van der Waals surface area contributed by atoms with Gasteiger partial charge >= 0.3 is 6.61 Å². The van der Waals surface area contributed by atoms with Crippen molar-refractivity contribution in [2.24, 2.45) is 0 Å². The first kappa shape index (κ1) is 12.8. The van der Waals surface area contributed by atoms with E-state index in [1.165, 1.54) is 12.3 Å². The second kappa shape index (κ2) is 5.82. The monoisotopic (exact) mass is 256 g/mol. The van der Waals surface area contributed by atoms with Crippen molar-refractivity contribution in [1.82, 2.24) is 0 Å². The number of halogens is 2. The predicted octanol–water partition coefficient (Wildman–Crippen LogP) is 3.02. The average Bonchev–Trinajstić information content (AvgIpc) is 2.39. The molecule has 1 heterocycles. The third-order valence-electron chi connectivity index (χ3n) is 2.74. The minimum atomic E-state index is -2.91. The molecule has 0 aromatic heterocycles. The molecule has 1 aromatic carbocycles. The van der Waals surface area contributed by atoms with Crippen LogP contribution in [0.4, 0.5) is 8.78 Å². The molecule has 0 amide bonds. The molecule has 1 unspecified atom stereocenters. The smallest absolute Gasteiger partial charge is 0.387 e. The van der Waals surface area contributed by atoms with Crippen molar-refractivity contribution < 1.29 is 23.4 Å². The summed E-state index contributed by atoms with van der Waals surface area (Å²) in [6.45, 7) is -2.29. The number of alkyl halides is 2.